The molecule has 2 rings (SSSR count). The highest BCUT2D eigenvalue weighted by Crippen LogP contribution is 2.15. The Morgan fingerprint density at radius 3 is 2.48 bits per heavy atom. The fraction of sp³-hybridized carbons (Fsp3) is 0.118. The van der Waals surface area contributed by atoms with Crippen LogP contribution in [0.4, 0.5) is 5.69 Å². The number of anilines is 1. The molecule has 0 aliphatic carbocycles. The zero-order chi connectivity index (χ0) is 16.9. The Kier molecular flexibility index (Phi) is 5.18. The molecular formula is C17H17NO4S. The van der Waals surface area contributed by atoms with Crippen LogP contribution in [0.1, 0.15) is 22.8 Å². The molecule has 0 atom stereocenters. The summed E-state index contributed by atoms with van der Waals surface area (Å²) in [5, 5.41) is 9.36. The molecule has 0 aliphatic heterocycles. The van der Waals surface area contributed by atoms with Gasteiger partial charge in [0.1, 0.15) is 5.75 Å². The summed E-state index contributed by atoms with van der Waals surface area (Å²) in [7, 11) is -3.33. The average molecular weight is 331 g/mol. The number of carbonyl (C=O) groups is 1. The summed E-state index contributed by atoms with van der Waals surface area (Å²) in [6.45, 7) is 1.55. The van der Waals surface area contributed by atoms with Crippen molar-refractivity contribution in [1.29, 1.82) is 0 Å². The lowest BCUT2D eigenvalue weighted by Gasteiger charge is -2.06. The van der Waals surface area contributed by atoms with Crippen molar-refractivity contribution in [2.24, 2.45) is 0 Å². The van der Waals surface area contributed by atoms with Crippen molar-refractivity contribution in [1.82, 2.24) is 0 Å². The van der Waals surface area contributed by atoms with Gasteiger partial charge in [0.05, 0.1) is 5.75 Å². The van der Waals surface area contributed by atoms with E-state index in [1.54, 1.807) is 61.5 Å². The van der Waals surface area contributed by atoms with Crippen LogP contribution in [0, 0.1) is 0 Å². The molecule has 0 saturated carbocycles. The number of benzene rings is 2. The fourth-order valence-electron chi connectivity index (χ4n) is 1.85. The minimum absolute atomic E-state index is 0.0136. The Labute approximate surface area is 135 Å². The van der Waals surface area contributed by atoms with Gasteiger partial charge in [0, 0.05) is 11.3 Å². The first-order chi connectivity index (χ1) is 10.9. The largest absolute Gasteiger partial charge is 0.508 e. The predicted octanol–water partition coefficient (Wildman–Crippen LogP) is 3.05. The number of hydrogen-bond donors (Lipinski definition) is 2. The van der Waals surface area contributed by atoms with E-state index >= 15 is 0 Å². The molecule has 0 unspecified atom stereocenters. The summed E-state index contributed by atoms with van der Waals surface area (Å²) < 4.78 is 25.3. The first-order valence-electron chi connectivity index (χ1n) is 7.01. The van der Waals surface area contributed by atoms with Crippen LogP contribution < -0.4 is 4.72 Å². The van der Waals surface area contributed by atoms with Crippen LogP contribution in [-0.2, 0) is 10.0 Å². The highest BCUT2D eigenvalue weighted by Gasteiger charge is 2.07. The van der Waals surface area contributed by atoms with Crippen LogP contribution in [0.2, 0.25) is 0 Å². The molecule has 2 aromatic rings. The molecule has 120 valence electrons. The third-order valence-electron chi connectivity index (χ3n) is 3.12. The summed E-state index contributed by atoms with van der Waals surface area (Å²) in [5.41, 5.74) is 1.58. The van der Waals surface area contributed by atoms with E-state index in [4.69, 9.17) is 0 Å². The predicted molar refractivity (Wildman–Crippen MR) is 91.0 cm³/mol. The van der Waals surface area contributed by atoms with Gasteiger partial charge in [0.15, 0.2) is 5.78 Å². The van der Waals surface area contributed by atoms with Crippen molar-refractivity contribution in [3.63, 3.8) is 0 Å². The van der Waals surface area contributed by atoms with E-state index in [0.717, 1.165) is 0 Å². The van der Waals surface area contributed by atoms with Crippen LogP contribution in [0.15, 0.2) is 54.6 Å². The van der Waals surface area contributed by atoms with E-state index < -0.39 is 10.0 Å². The number of aromatic hydroxyl groups is 1. The van der Waals surface area contributed by atoms with Crippen LogP contribution in [0.25, 0.3) is 6.08 Å². The van der Waals surface area contributed by atoms with Gasteiger partial charge in [0.2, 0.25) is 10.0 Å². The zero-order valence-electron chi connectivity index (χ0n) is 12.6. The molecule has 6 heteroatoms. The molecule has 0 heterocycles. The molecule has 0 saturated heterocycles. The lowest BCUT2D eigenvalue weighted by atomic mass is 10.1. The van der Waals surface area contributed by atoms with E-state index in [9.17, 15) is 18.3 Å². The SMILES string of the molecule is CCS(=O)(=O)Nc1ccc(C(=O)/C=C/c2cccc(O)c2)cc1. The highest BCUT2D eigenvalue weighted by molar-refractivity contribution is 7.92. The maximum atomic E-state index is 12.1. The van der Waals surface area contributed by atoms with Crippen molar-refractivity contribution < 1.29 is 18.3 Å². The van der Waals surface area contributed by atoms with Crippen LogP contribution >= 0.6 is 0 Å². The van der Waals surface area contributed by atoms with Gasteiger partial charge in [-0.25, -0.2) is 8.42 Å². The summed E-state index contributed by atoms with van der Waals surface area (Å²) in [6, 6.07) is 12.8. The Morgan fingerprint density at radius 2 is 1.87 bits per heavy atom. The number of rotatable bonds is 6. The van der Waals surface area contributed by atoms with Crippen molar-refractivity contribution in [2.45, 2.75) is 6.92 Å². The van der Waals surface area contributed by atoms with Gasteiger partial charge in [-0.2, -0.15) is 0 Å². The molecule has 0 fully saturated rings. The number of sulfonamides is 1. The van der Waals surface area contributed by atoms with Gasteiger partial charge in [-0.1, -0.05) is 18.2 Å². The van der Waals surface area contributed by atoms with Crippen molar-refractivity contribution in [3.05, 3.63) is 65.7 Å². The number of ketones is 1. The van der Waals surface area contributed by atoms with Gasteiger partial charge < -0.3 is 5.11 Å². The molecule has 0 bridgehead atoms. The van der Waals surface area contributed by atoms with Crippen LogP contribution in [0.5, 0.6) is 5.75 Å². The smallest absolute Gasteiger partial charge is 0.232 e. The van der Waals surface area contributed by atoms with E-state index in [1.807, 2.05) is 0 Å². The van der Waals surface area contributed by atoms with E-state index in [-0.39, 0.29) is 17.3 Å². The molecule has 0 amide bonds. The molecule has 0 aromatic heterocycles. The minimum Gasteiger partial charge on any atom is -0.508 e. The lowest BCUT2D eigenvalue weighted by molar-refractivity contribution is 0.104. The van der Waals surface area contributed by atoms with Crippen LogP contribution in [0.3, 0.4) is 0 Å². The summed E-state index contributed by atoms with van der Waals surface area (Å²) >= 11 is 0. The normalized spacial score (nSPS) is 11.5. The molecule has 23 heavy (non-hydrogen) atoms. The molecular weight excluding hydrogens is 314 g/mol. The second-order valence-corrected chi connectivity index (χ2v) is 6.89. The van der Waals surface area contributed by atoms with Crippen molar-refractivity contribution in [2.75, 3.05) is 10.5 Å². The standard InChI is InChI=1S/C17H17NO4S/c1-2-23(21,22)18-15-9-7-14(8-10-15)17(20)11-6-13-4-3-5-16(19)12-13/h3-12,18-19H,2H2,1H3/b11-6+. The molecule has 5 nitrogen and oxygen atoms in total. The number of carbonyl (C=O) groups excluding carboxylic acids is 1. The summed E-state index contributed by atoms with van der Waals surface area (Å²) in [4.78, 5) is 12.1. The zero-order valence-corrected chi connectivity index (χ0v) is 13.4. The molecule has 0 radical (unpaired) electrons. The Bertz CT molecular complexity index is 824. The Balaban J connectivity index is 2.08. The minimum atomic E-state index is -3.33. The lowest BCUT2D eigenvalue weighted by Crippen LogP contribution is -2.14. The maximum absolute atomic E-state index is 12.1. The molecule has 0 spiro atoms. The summed E-state index contributed by atoms with van der Waals surface area (Å²) in [5.74, 6) is -0.0919. The van der Waals surface area contributed by atoms with Gasteiger partial charge in [-0.15, -0.1) is 0 Å². The first-order valence-corrected chi connectivity index (χ1v) is 8.67. The third-order valence-corrected chi connectivity index (χ3v) is 4.43. The Morgan fingerprint density at radius 1 is 1.17 bits per heavy atom. The van der Waals surface area contributed by atoms with E-state index in [0.29, 0.717) is 16.8 Å². The average Bonchev–Trinajstić information content (AvgIpc) is 2.53. The van der Waals surface area contributed by atoms with Gasteiger partial charge in [-0.3, -0.25) is 9.52 Å². The van der Waals surface area contributed by atoms with Crippen LogP contribution in [-0.4, -0.2) is 25.1 Å². The monoisotopic (exact) mass is 331 g/mol. The number of phenols is 1. The third kappa shape index (κ3) is 4.96. The van der Waals surface area contributed by atoms with E-state index in [2.05, 4.69) is 4.72 Å². The van der Waals surface area contributed by atoms with Crippen molar-refractivity contribution in [3.8, 4) is 5.75 Å². The van der Waals surface area contributed by atoms with Gasteiger partial charge in [0.25, 0.3) is 0 Å². The number of hydrogen-bond acceptors (Lipinski definition) is 4. The Hall–Kier alpha value is -2.60. The first kappa shape index (κ1) is 16.8. The number of phenolic OH excluding ortho intramolecular Hbond substituents is 1. The quantitative estimate of drug-likeness (QED) is 0.629. The second kappa shape index (κ2) is 7.11. The van der Waals surface area contributed by atoms with Gasteiger partial charge >= 0.3 is 0 Å². The number of allylic oxidation sites excluding steroid dienone is 1. The van der Waals surface area contributed by atoms with Crippen molar-refractivity contribution >= 4 is 27.6 Å². The molecule has 0 aliphatic rings. The fourth-order valence-corrected chi connectivity index (χ4v) is 2.49. The summed E-state index contributed by atoms with van der Waals surface area (Å²) in [6.07, 6.45) is 3.01. The maximum Gasteiger partial charge on any atom is 0.232 e. The highest BCUT2D eigenvalue weighted by atomic mass is 32.2. The topological polar surface area (TPSA) is 83.5 Å². The molecule has 2 aromatic carbocycles. The second-order valence-electron chi connectivity index (χ2n) is 4.88. The van der Waals surface area contributed by atoms with Gasteiger partial charge in [-0.05, 0) is 55.0 Å². The van der Waals surface area contributed by atoms with E-state index in [1.165, 1.54) is 6.08 Å². The number of nitrogens with one attached hydrogen (secondary N) is 1. The molecule has 2 N–H and O–H groups in total.